The first kappa shape index (κ1) is 21.9. The molecule has 176 valence electrons. The van der Waals surface area contributed by atoms with Crippen LogP contribution >= 0.6 is 0 Å². The second-order valence-corrected chi connectivity index (χ2v) is 8.38. The third-order valence-electron chi connectivity index (χ3n) is 6.27. The molecule has 1 atom stereocenters. The van der Waals surface area contributed by atoms with Gasteiger partial charge < -0.3 is 20.7 Å². The summed E-state index contributed by atoms with van der Waals surface area (Å²) in [5.74, 6) is 0.978. The number of hydrogen-bond donors (Lipinski definition) is 2. The Labute approximate surface area is 197 Å². The van der Waals surface area contributed by atoms with E-state index in [0.717, 1.165) is 42.3 Å². The number of urea groups is 1. The largest absolute Gasteiger partial charge is 0.478 e. The summed E-state index contributed by atoms with van der Waals surface area (Å²) in [6, 6.07) is 9.77. The third kappa shape index (κ3) is 3.95. The fraction of sp³-hybridized carbons (Fsp3) is 0.375. The maximum Gasteiger partial charge on any atom is 0.317 e. The molecule has 1 aromatic carbocycles. The first-order valence-corrected chi connectivity index (χ1v) is 11.6. The number of nitrogens with two attached hydrogens (primary N) is 1. The maximum absolute atomic E-state index is 12.4. The fourth-order valence-electron chi connectivity index (χ4n) is 4.64. The smallest absolute Gasteiger partial charge is 0.317 e. The third-order valence-corrected chi connectivity index (χ3v) is 6.27. The number of carbonyl (C=O) groups excluding carboxylic acids is 1. The van der Waals surface area contributed by atoms with Crippen LogP contribution < -0.4 is 15.8 Å². The Morgan fingerprint density at radius 1 is 1.24 bits per heavy atom. The maximum atomic E-state index is 12.4. The zero-order valence-corrected chi connectivity index (χ0v) is 19.4. The number of pyridine rings is 1. The molecular weight excluding hydrogens is 432 g/mol. The topological polar surface area (TPSA) is 124 Å². The lowest BCUT2D eigenvalue weighted by atomic mass is 10.0. The van der Waals surface area contributed by atoms with E-state index in [1.54, 1.807) is 7.05 Å². The number of fused-ring (bicyclic) bond motifs is 2. The Bertz CT molecular complexity index is 1350. The summed E-state index contributed by atoms with van der Waals surface area (Å²) in [6.07, 6.45) is 4.44. The van der Waals surface area contributed by atoms with Gasteiger partial charge in [0.2, 0.25) is 5.88 Å². The number of nitrogens with zero attached hydrogens (tertiary/aromatic N) is 6. The number of nitrogen functional groups attached to an aromatic ring is 1. The van der Waals surface area contributed by atoms with Crippen molar-refractivity contribution >= 4 is 33.8 Å². The summed E-state index contributed by atoms with van der Waals surface area (Å²) in [5.41, 5.74) is 9.41. The summed E-state index contributed by atoms with van der Waals surface area (Å²) in [6.45, 7) is 3.77. The Hall–Kier alpha value is -3.95. The predicted octanol–water partition coefficient (Wildman–Crippen LogP) is 3.22. The lowest BCUT2D eigenvalue weighted by molar-refractivity contribution is 0.142. The highest BCUT2D eigenvalue weighted by atomic mass is 16.5. The van der Waals surface area contributed by atoms with Gasteiger partial charge >= 0.3 is 6.03 Å². The molecule has 0 radical (unpaired) electrons. The average molecular weight is 461 g/mol. The van der Waals surface area contributed by atoms with Crippen LogP contribution in [0, 0.1) is 0 Å². The zero-order valence-electron chi connectivity index (χ0n) is 19.4. The van der Waals surface area contributed by atoms with Gasteiger partial charge in [0.15, 0.2) is 5.65 Å². The lowest BCUT2D eigenvalue weighted by Crippen LogP contribution is -2.49. The first-order valence-electron chi connectivity index (χ1n) is 11.6. The molecule has 34 heavy (non-hydrogen) atoms. The standard InChI is InChI=1S/C24H28N8O2/c1-3-34-19-10-8-15-12-16(7-9-18(15)29-19)21-20-22(25)27-14-28-23(20)32(30-21)13-17-6-4-5-11-31(17)24(33)26-2/h7-10,12,14,17H,3-6,11,13H2,1-2H3,(H,26,33)(H2,25,27,28). The Morgan fingerprint density at radius 2 is 2.12 bits per heavy atom. The number of amides is 2. The molecule has 4 heterocycles. The van der Waals surface area contributed by atoms with Crippen LogP contribution in [-0.2, 0) is 6.54 Å². The Balaban J connectivity index is 1.56. The van der Waals surface area contributed by atoms with Gasteiger partial charge in [0.25, 0.3) is 0 Å². The van der Waals surface area contributed by atoms with Crippen molar-refractivity contribution in [3.05, 3.63) is 36.7 Å². The van der Waals surface area contributed by atoms with Gasteiger partial charge in [0, 0.05) is 30.6 Å². The summed E-state index contributed by atoms with van der Waals surface area (Å²) >= 11 is 0. The van der Waals surface area contributed by atoms with Crippen LogP contribution in [0.5, 0.6) is 5.88 Å². The highest BCUT2D eigenvalue weighted by Gasteiger charge is 2.28. The normalized spacial score (nSPS) is 16.2. The summed E-state index contributed by atoms with van der Waals surface area (Å²) in [4.78, 5) is 27.6. The molecule has 1 unspecified atom stereocenters. The van der Waals surface area contributed by atoms with Crippen molar-refractivity contribution in [2.45, 2.75) is 38.8 Å². The molecule has 5 rings (SSSR count). The van der Waals surface area contributed by atoms with Gasteiger partial charge in [0.1, 0.15) is 17.8 Å². The van der Waals surface area contributed by atoms with Crippen LogP contribution in [0.15, 0.2) is 36.7 Å². The number of likely N-dealkylation sites (tertiary alicyclic amines) is 1. The van der Waals surface area contributed by atoms with Crippen molar-refractivity contribution < 1.29 is 9.53 Å². The van der Waals surface area contributed by atoms with Crippen LogP contribution in [0.3, 0.4) is 0 Å². The molecule has 0 spiro atoms. The summed E-state index contributed by atoms with van der Waals surface area (Å²) < 4.78 is 7.38. The van der Waals surface area contributed by atoms with Crippen molar-refractivity contribution in [1.82, 2.24) is 34.9 Å². The van der Waals surface area contributed by atoms with Crippen molar-refractivity contribution in [3.63, 3.8) is 0 Å². The van der Waals surface area contributed by atoms with Gasteiger partial charge in [-0.1, -0.05) is 6.07 Å². The molecule has 0 saturated carbocycles. The molecular formula is C24H28N8O2. The Morgan fingerprint density at radius 3 is 2.94 bits per heavy atom. The van der Waals surface area contributed by atoms with Gasteiger partial charge in [-0.25, -0.2) is 24.4 Å². The van der Waals surface area contributed by atoms with Gasteiger partial charge in [-0.15, -0.1) is 0 Å². The summed E-state index contributed by atoms with van der Waals surface area (Å²) in [5, 5.41) is 9.35. The molecule has 1 aliphatic rings. The zero-order chi connectivity index (χ0) is 23.7. The molecule has 1 fully saturated rings. The molecule has 0 aliphatic carbocycles. The van der Waals surface area contributed by atoms with Gasteiger partial charge in [-0.05, 0) is 44.4 Å². The minimum atomic E-state index is -0.0658. The van der Waals surface area contributed by atoms with Gasteiger partial charge in [-0.3, -0.25) is 0 Å². The molecule has 4 aromatic rings. The minimum Gasteiger partial charge on any atom is -0.478 e. The van der Waals surface area contributed by atoms with Crippen LogP contribution in [0.4, 0.5) is 10.6 Å². The van der Waals surface area contributed by atoms with E-state index < -0.39 is 0 Å². The number of nitrogens with one attached hydrogen (secondary N) is 1. The monoisotopic (exact) mass is 460 g/mol. The first-order chi connectivity index (χ1) is 16.6. The number of anilines is 1. The number of benzene rings is 1. The second-order valence-electron chi connectivity index (χ2n) is 8.38. The van der Waals surface area contributed by atoms with Crippen molar-refractivity contribution in [2.24, 2.45) is 0 Å². The van der Waals surface area contributed by atoms with Crippen molar-refractivity contribution in [1.29, 1.82) is 0 Å². The quantitative estimate of drug-likeness (QED) is 0.468. The lowest BCUT2D eigenvalue weighted by Gasteiger charge is -2.35. The van der Waals surface area contributed by atoms with E-state index in [1.807, 2.05) is 46.8 Å². The highest BCUT2D eigenvalue weighted by molar-refractivity contribution is 5.99. The fourth-order valence-corrected chi connectivity index (χ4v) is 4.64. The number of piperidine rings is 1. The molecule has 3 N–H and O–H groups in total. The number of hydrogen-bond acceptors (Lipinski definition) is 7. The average Bonchev–Trinajstić information content (AvgIpc) is 3.23. The van der Waals surface area contributed by atoms with Gasteiger partial charge in [0.05, 0.1) is 30.1 Å². The Kier molecular flexibility index (Phi) is 5.87. The molecule has 3 aromatic heterocycles. The van der Waals surface area contributed by atoms with Crippen LogP contribution in [-0.4, -0.2) is 61.9 Å². The second kappa shape index (κ2) is 9.12. The van der Waals surface area contributed by atoms with Crippen LogP contribution in [0.2, 0.25) is 0 Å². The SMILES string of the molecule is CCOc1ccc2cc(-c3nn(CC4CCCCN4C(=O)NC)c4ncnc(N)c34)ccc2n1. The van der Waals surface area contributed by atoms with E-state index in [1.165, 1.54) is 6.33 Å². The van der Waals surface area contributed by atoms with E-state index in [9.17, 15) is 4.79 Å². The van der Waals surface area contributed by atoms with Crippen molar-refractivity contribution in [2.75, 3.05) is 25.9 Å². The van der Waals surface area contributed by atoms with Crippen molar-refractivity contribution in [3.8, 4) is 17.1 Å². The molecule has 2 amide bonds. The molecule has 0 bridgehead atoms. The minimum absolute atomic E-state index is 0.0265. The van der Waals surface area contributed by atoms with E-state index >= 15 is 0 Å². The van der Waals surface area contributed by atoms with E-state index in [-0.39, 0.29) is 12.1 Å². The molecule has 10 nitrogen and oxygen atoms in total. The molecule has 10 heteroatoms. The summed E-state index contributed by atoms with van der Waals surface area (Å²) in [7, 11) is 1.66. The highest BCUT2D eigenvalue weighted by Crippen LogP contribution is 2.33. The molecule has 1 saturated heterocycles. The number of carbonyl (C=O) groups is 1. The van der Waals surface area contributed by atoms with Crippen LogP contribution in [0.1, 0.15) is 26.2 Å². The number of rotatable bonds is 5. The van der Waals surface area contributed by atoms with E-state index in [2.05, 4.69) is 20.3 Å². The van der Waals surface area contributed by atoms with E-state index in [4.69, 9.17) is 15.6 Å². The molecule has 1 aliphatic heterocycles. The predicted molar refractivity (Wildman–Crippen MR) is 130 cm³/mol. The number of ether oxygens (including phenoxy) is 1. The number of aromatic nitrogens is 5. The van der Waals surface area contributed by atoms with E-state index in [0.29, 0.717) is 41.6 Å². The van der Waals surface area contributed by atoms with Gasteiger partial charge in [-0.2, -0.15) is 5.10 Å². The van der Waals surface area contributed by atoms with Crippen LogP contribution in [0.25, 0.3) is 33.2 Å².